The quantitative estimate of drug-likeness (QED) is 0.774. The lowest BCUT2D eigenvalue weighted by molar-refractivity contribution is -0.140. The largest absolute Gasteiger partial charge is 0.296 e. The third-order valence-electron chi connectivity index (χ3n) is 4.93. The lowest BCUT2D eigenvalue weighted by Crippen LogP contribution is -2.52. The number of likely N-dealkylation sites (tertiary alicyclic amines) is 1. The molecule has 23 heavy (non-hydrogen) atoms. The number of amides is 2. The van der Waals surface area contributed by atoms with Crippen molar-refractivity contribution in [3.05, 3.63) is 21.3 Å². The van der Waals surface area contributed by atoms with Crippen LogP contribution >= 0.6 is 22.9 Å². The molecule has 0 aromatic carbocycles. The average molecular weight is 354 g/mol. The average Bonchev–Trinajstić information content (AvgIpc) is 3.21. The van der Waals surface area contributed by atoms with Gasteiger partial charge in [0, 0.05) is 43.6 Å². The van der Waals surface area contributed by atoms with E-state index in [9.17, 15) is 9.59 Å². The zero-order chi connectivity index (χ0) is 16.0. The molecule has 2 saturated heterocycles. The smallest absolute Gasteiger partial charge is 0.247 e. The molecule has 0 N–H and O–H groups in total. The summed E-state index contributed by atoms with van der Waals surface area (Å²) in [5, 5.41) is 0. The number of carbonyl (C=O) groups is 2. The van der Waals surface area contributed by atoms with Gasteiger partial charge in [-0.1, -0.05) is 11.6 Å². The van der Waals surface area contributed by atoms with Crippen molar-refractivity contribution in [1.29, 1.82) is 0 Å². The van der Waals surface area contributed by atoms with Gasteiger partial charge >= 0.3 is 0 Å². The topological polar surface area (TPSA) is 43.9 Å². The fourth-order valence-corrected chi connectivity index (χ4v) is 4.66. The van der Waals surface area contributed by atoms with Crippen LogP contribution in [0.3, 0.4) is 0 Å². The number of halogens is 1. The van der Waals surface area contributed by atoms with Gasteiger partial charge in [0.15, 0.2) is 0 Å². The zero-order valence-electron chi connectivity index (χ0n) is 12.9. The van der Waals surface area contributed by atoms with Gasteiger partial charge in [0.25, 0.3) is 0 Å². The molecule has 3 fully saturated rings. The van der Waals surface area contributed by atoms with E-state index in [1.54, 1.807) is 11.3 Å². The van der Waals surface area contributed by atoms with Crippen LogP contribution in [0.4, 0.5) is 0 Å². The van der Waals surface area contributed by atoms with Crippen molar-refractivity contribution in [1.82, 2.24) is 14.7 Å². The molecule has 0 bridgehead atoms. The van der Waals surface area contributed by atoms with Gasteiger partial charge < -0.3 is 0 Å². The molecular weight excluding hydrogens is 334 g/mol. The van der Waals surface area contributed by atoms with Gasteiger partial charge in [-0.3, -0.25) is 24.3 Å². The van der Waals surface area contributed by atoms with Gasteiger partial charge in [0.05, 0.1) is 16.8 Å². The number of piperazine rings is 1. The van der Waals surface area contributed by atoms with Crippen molar-refractivity contribution >= 4 is 34.8 Å². The van der Waals surface area contributed by atoms with E-state index in [-0.39, 0.29) is 23.9 Å². The Bertz CT molecular complexity index is 623. The Balaban J connectivity index is 1.33. The molecule has 5 nitrogen and oxygen atoms in total. The van der Waals surface area contributed by atoms with Crippen LogP contribution in [0.1, 0.15) is 24.1 Å². The summed E-state index contributed by atoms with van der Waals surface area (Å²) in [5.74, 6) is 0.0640. The van der Waals surface area contributed by atoms with E-state index < -0.39 is 0 Å². The Morgan fingerprint density at radius 2 is 1.87 bits per heavy atom. The molecule has 3 heterocycles. The highest BCUT2D eigenvalue weighted by molar-refractivity contribution is 7.16. The van der Waals surface area contributed by atoms with Gasteiger partial charge in [-0.2, -0.15) is 0 Å². The van der Waals surface area contributed by atoms with Crippen molar-refractivity contribution < 1.29 is 9.59 Å². The molecule has 1 atom stereocenters. The Labute approximate surface area is 144 Å². The molecule has 4 rings (SSSR count). The van der Waals surface area contributed by atoms with Gasteiger partial charge in [-0.15, -0.1) is 11.3 Å². The molecule has 0 radical (unpaired) electrons. The summed E-state index contributed by atoms with van der Waals surface area (Å²) in [6, 6.07) is 3.99. The zero-order valence-corrected chi connectivity index (χ0v) is 14.5. The minimum Gasteiger partial charge on any atom is -0.296 e. The van der Waals surface area contributed by atoms with Crippen LogP contribution in [-0.2, 0) is 16.1 Å². The number of carbonyl (C=O) groups excluding carboxylic acids is 2. The van der Waals surface area contributed by atoms with Crippen molar-refractivity contribution in [2.75, 3.05) is 26.2 Å². The molecule has 7 heteroatoms. The van der Waals surface area contributed by atoms with E-state index >= 15 is 0 Å². The van der Waals surface area contributed by atoms with Gasteiger partial charge in [0.1, 0.15) is 0 Å². The van der Waals surface area contributed by atoms with Gasteiger partial charge in [-0.25, -0.2) is 0 Å². The number of nitrogens with zero attached hydrogens (tertiary/aromatic N) is 3. The molecule has 1 saturated carbocycles. The summed E-state index contributed by atoms with van der Waals surface area (Å²) in [5.41, 5.74) is 0. The van der Waals surface area contributed by atoms with Crippen LogP contribution in [0.5, 0.6) is 0 Å². The van der Waals surface area contributed by atoms with E-state index in [0.29, 0.717) is 6.42 Å². The monoisotopic (exact) mass is 353 g/mol. The molecule has 0 unspecified atom stereocenters. The van der Waals surface area contributed by atoms with Crippen LogP contribution in [0.25, 0.3) is 0 Å². The SMILES string of the molecule is O=C1C[C@H](N2CCN(Cc3ccc(Cl)s3)CC2)C(=O)N1C1CC1. The maximum atomic E-state index is 12.5. The number of imide groups is 1. The van der Waals surface area contributed by atoms with Crippen molar-refractivity contribution in [2.45, 2.75) is 37.9 Å². The lowest BCUT2D eigenvalue weighted by Gasteiger charge is -2.36. The van der Waals surface area contributed by atoms with Crippen LogP contribution < -0.4 is 0 Å². The highest BCUT2D eigenvalue weighted by atomic mass is 35.5. The first kappa shape index (κ1) is 15.6. The van der Waals surface area contributed by atoms with Gasteiger partial charge in [0.2, 0.25) is 11.8 Å². The Hall–Kier alpha value is -0.950. The predicted molar refractivity (Wildman–Crippen MR) is 89.5 cm³/mol. The van der Waals surface area contributed by atoms with Crippen LogP contribution in [0, 0.1) is 0 Å². The summed E-state index contributed by atoms with van der Waals surface area (Å²) >= 11 is 7.60. The Kier molecular flexibility index (Phi) is 4.17. The standard InChI is InChI=1S/C16H20ClN3O2S/c17-14-4-3-12(23-14)10-18-5-7-19(8-6-18)13-9-15(21)20(16(13)22)11-1-2-11/h3-4,11,13H,1-2,5-10H2/t13-/m0/s1. The molecule has 1 aliphatic carbocycles. The van der Waals surface area contributed by atoms with Gasteiger partial charge in [-0.05, 0) is 25.0 Å². The van der Waals surface area contributed by atoms with Crippen LogP contribution in [0.15, 0.2) is 12.1 Å². The number of hydrogen-bond acceptors (Lipinski definition) is 5. The number of thiophene rings is 1. The van der Waals surface area contributed by atoms with E-state index in [0.717, 1.165) is 49.9 Å². The molecule has 3 aliphatic rings. The summed E-state index contributed by atoms with van der Waals surface area (Å²) in [7, 11) is 0. The molecule has 1 aromatic rings. The number of rotatable bonds is 4. The first-order valence-corrected chi connectivity index (χ1v) is 9.38. The first-order valence-electron chi connectivity index (χ1n) is 8.18. The Morgan fingerprint density at radius 1 is 1.13 bits per heavy atom. The van der Waals surface area contributed by atoms with E-state index in [4.69, 9.17) is 11.6 Å². The summed E-state index contributed by atoms with van der Waals surface area (Å²) < 4.78 is 0.828. The van der Waals surface area contributed by atoms with Crippen LogP contribution in [-0.4, -0.2) is 64.8 Å². The van der Waals surface area contributed by atoms with Crippen molar-refractivity contribution in [3.63, 3.8) is 0 Å². The molecule has 124 valence electrons. The minimum atomic E-state index is -0.221. The molecule has 2 aliphatic heterocycles. The predicted octanol–water partition coefficient (Wildman–Crippen LogP) is 1.81. The van der Waals surface area contributed by atoms with E-state index in [1.807, 2.05) is 6.07 Å². The second-order valence-corrected chi connectivity index (χ2v) is 8.37. The van der Waals surface area contributed by atoms with Crippen molar-refractivity contribution in [3.8, 4) is 0 Å². The molecule has 0 spiro atoms. The fraction of sp³-hybridized carbons (Fsp3) is 0.625. The maximum Gasteiger partial charge on any atom is 0.247 e. The normalized spacial score (nSPS) is 27.2. The minimum absolute atomic E-state index is 0.0261. The third kappa shape index (κ3) is 3.18. The summed E-state index contributed by atoms with van der Waals surface area (Å²) in [4.78, 5) is 32.0. The van der Waals surface area contributed by atoms with Crippen LogP contribution in [0.2, 0.25) is 4.34 Å². The highest BCUT2D eigenvalue weighted by Gasteiger charge is 2.48. The maximum absolute atomic E-state index is 12.5. The second kappa shape index (κ2) is 6.16. The molecule has 1 aromatic heterocycles. The summed E-state index contributed by atoms with van der Waals surface area (Å²) in [6.07, 6.45) is 2.35. The van der Waals surface area contributed by atoms with Crippen molar-refractivity contribution in [2.24, 2.45) is 0 Å². The molecular formula is C16H20ClN3O2S. The highest BCUT2D eigenvalue weighted by Crippen LogP contribution is 2.33. The molecule has 2 amide bonds. The first-order chi connectivity index (χ1) is 11.1. The van der Waals surface area contributed by atoms with E-state index in [2.05, 4.69) is 15.9 Å². The Morgan fingerprint density at radius 3 is 2.48 bits per heavy atom. The van der Waals surface area contributed by atoms with E-state index in [1.165, 1.54) is 9.78 Å². The lowest BCUT2D eigenvalue weighted by atomic mass is 10.1. The second-order valence-electron chi connectivity index (χ2n) is 6.57. The fourth-order valence-electron chi connectivity index (χ4n) is 3.53. The summed E-state index contributed by atoms with van der Waals surface area (Å²) in [6.45, 7) is 4.47. The third-order valence-corrected chi connectivity index (χ3v) is 6.14. The number of hydrogen-bond donors (Lipinski definition) is 0.